The Morgan fingerprint density at radius 2 is 1.74 bits per heavy atom. The third kappa shape index (κ3) is 4.45. The number of hydrogen-bond donors (Lipinski definition) is 0. The third-order valence-corrected chi connectivity index (χ3v) is 7.18. The highest BCUT2D eigenvalue weighted by molar-refractivity contribution is 6.11. The van der Waals surface area contributed by atoms with E-state index in [2.05, 4.69) is 0 Å². The first kappa shape index (κ1) is 23.6. The summed E-state index contributed by atoms with van der Waals surface area (Å²) in [5, 5.41) is 8.76. The van der Waals surface area contributed by atoms with Gasteiger partial charge in [-0.05, 0) is 60.1 Å². The molecule has 4 rings (SSSR count). The SMILES string of the molecule is COc1cc(-c2ccc(F)cc2)cc(C)c1C1C(=O)CC2(CCN(C(=O)CC#N)CC2)CC1=O. The van der Waals surface area contributed by atoms with Crippen LogP contribution in [0.1, 0.15) is 49.1 Å². The van der Waals surface area contributed by atoms with E-state index in [-0.39, 0.29) is 42.6 Å². The number of halogens is 1. The highest BCUT2D eigenvalue weighted by atomic mass is 19.1. The van der Waals surface area contributed by atoms with Crippen LogP contribution in [0.25, 0.3) is 11.1 Å². The average molecular weight is 463 g/mol. The minimum Gasteiger partial charge on any atom is -0.496 e. The fraction of sp³-hybridized carbons (Fsp3) is 0.407. The molecule has 2 aliphatic rings. The summed E-state index contributed by atoms with van der Waals surface area (Å²) in [7, 11) is 1.51. The summed E-state index contributed by atoms with van der Waals surface area (Å²) in [6, 6.07) is 11.7. The predicted molar refractivity (Wildman–Crippen MR) is 124 cm³/mol. The van der Waals surface area contributed by atoms with Gasteiger partial charge in [0, 0.05) is 31.5 Å². The summed E-state index contributed by atoms with van der Waals surface area (Å²) in [6.45, 7) is 2.77. The Morgan fingerprint density at radius 3 is 2.29 bits per heavy atom. The van der Waals surface area contributed by atoms with Gasteiger partial charge in [-0.3, -0.25) is 14.4 Å². The molecule has 0 radical (unpaired) electrons. The summed E-state index contributed by atoms with van der Waals surface area (Å²) in [5.41, 5.74) is 2.58. The number of carbonyl (C=O) groups is 3. The highest BCUT2D eigenvalue weighted by Gasteiger charge is 2.48. The largest absolute Gasteiger partial charge is 0.496 e. The fourth-order valence-electron chi connectivity index (χ4n) is 5.38. The number of nitriles is 1. The van der Waals surface area contributed by atoms with Crippen LogP contribution in [0.15, 0.2) is 36.4 Å². The lowest BCUT2D eigenvalue weighted by Gasteiger charge is -2.44. The summed E-state index contributed by atoms with van der Waals surface area (Å²) in [5.74, 6) is -1.17. The molecule has 1 amide bonds. The molecule has 2 aromatic rings. The molecule has 0 bridgehead atoms. The van der Waals surface area contributed by atoms with Gasteiger partial charge in [0.25, 0.3) is 0 Å². The number of benzene rings is 2. The molecule has 1 saturated carbocycles. The van der Waals surface area contributed by atoms with Gasteiger partial charge in [-0.2, -0.15) is 5.26 Å². The van der Waals surface area contributed by atoms with E-state index >= 15 is 0 Å². The van der Waals surface area contributed by atoms with Crippen molar-refractivity contribution in [3.8, 4) is 22.9 Å². The molecule has 1 saturated heterocycles. The minimum atomic E-state index is -0.874. The molecule has 2 aromatic carbocycles. The van der Waals surface area contributed by atoms with Crippen LogP contribution in [0.3, 0.4) is 0 Å². The van der Waals surface area contributed by atoms with E-state index in [4.69, 9.17) is 10.00 Å². The number of ketones is 2. The number of piperidine rings is 1. The number of rotatable bonds is 4. The van der Waals surface area contributed by atoms with E-state index in [1.54, 1.807) is 23.1 Å². The predicted octanol–water partition coefficient (Wildman–Crippen LogP) is 4.35. The molecule has 1 heterocycles. The van der Waals surface area contributed by atoms with Crippen molar-refractivity contribution >= 4 is 17.5 Å². The van der Waals surface area contributed by atoms with Gasteiger partial charge in [0.15, 0.2) is 0 Å². The van der Waals surface area contributed by atoms with Crippen LogP contribution < -0.4 is 4.74 Å². The number of carbonyl (C=O) groups excluding carboxylic acids is 3. The second-order valence-electron chi connectivity index (χ2n) is 9.35. The third-order valence-electron chi connectivity index (χ3n) is 7.18. The van der Waals surface area contributed by atoms with Gasteiger partial charge in [-0.25, -0.2) is 4.39 Å². The first-order valence-corrected chi connectivity index (χ1v) is 11.4. The number of aryl methyl sites for hydroxylation is 1. The fourth-order valence-corrected chi connectivity index (χ4v) is 5.38. The maximum absolute atomic E-state index is 13.4. The van der Waals surface area contributed by atoms with E-state index in [0.717, 1.165) is 16.7 Å². The molecule has 6 nitrogen and oxygen atoms in total. The minimum absolute atomic E-state index is 0.121. The Hall–Kier alpha value is -3.53. The molecule has 7 heteroatoms. The normalized spacial score (nSPS) is 18.1. The van der Waals surface area contributed by atoms with Crippen molar-refractivity contribution in [1.29, 1.82) is 5.26 Å². The van der Waals surface area contributed by atoms with Crippen molar-refractivity contribution in [3.63, 3.8) is 0 Å². The zero-order valence-corrected chi connectivity index (χ0v) is 19.4. The van der Waals surface area contributed by atoms with Gasteiger partial charge in [0.2, 0.25) is 5.91 Å². The number of ether oxygens (including phenoxy) is 1. The van der Waals surface area contributed by atoms with Crippen molar-refractivity contribution in [2.24, 2.45) is 5.41 Å². The first-order valence-electron chi connectivity index (χ1n) is 11.4. The molecule has 0 N–H and O–H groups in total. The van der Waals surface area contributed by atoms with E-state index in [9.17, 15) is 18.8 Å². The van der Waals surface area contributed by atoms with Crippen LogP contribution >= 0.6 is 0 Å². The molecule has 34 heavy (non-hydrogen) atoms. The standard InChI is InChI=1S/C27H27FN2O4/c1-17-13-19(18-3-5-20(28)6-4-18)14-23(34-2)25(17)26-21(31)15-27(16-22(26)32)8-11-30(12-9-27)24(33)7-10-29/h3-6,13-14,26H,7-9,11-12,15-16H2,1-2H3. The molecular formula is C27H27FN2O4. The monoisotopic (exact) mass is 462 g/mol. The van der Waals surface area contributed by atoms with Crippen LogP contribution in [-0.4, -0.2) is 42.6 Å². The summed E-state index contributed by atoms with van der Waals surface area (Å²) in [6.07, 6.45) is 1.57. The molecular weight excluding hydrogens is 435 g/mol. The van der Waals surface area contributed by atoms with Gasteiger partial charge in [0.1, 0.15) is 35.5 Å². The summed E-state index contributed by atoms with van der Waals surface area (Å²) in [4.78, 5) is 40.4. The molecule has 2 fully saturated rings. The number of nitrogens with zero attached hydrogens (tertiary/aromatic N) is 2. The lowest BCUT2D eigenvalue weighted by Crippen LogP contribution is -2.48. The number of likely N-dealkylation sites (tertiary alicyclic amines) is 1. The second kappa shape index (κ2) is 9.38. The van der Waals surface area contributed by atoms with Crippen LogP contribution in [0, 0.1) is 29.5 Å². The van der Waals surface area contributed by atoms with E-state index in [0.29, 0.717) is 37.2 Å². The van der Waals surface area contributed by atoms with Crippen LogP contribution in [0.2, 0.25) is 0 Å². The highest BCUT2D eigenvalue weighted by Crippen LogP contribution is 2.48. The van der Waals surface area contributed by atoms with Crippen molar-refractivity contribution in [2.75, 3.05) is 20.2 Å². The molecule has 1 spiro atoms. The Kier molecular flexibility index (Phi) is 6.52. The Balaban J connectivity index is 1.57. The zero-order chi connectivity index (χ0) is 24.5. The van der Waals surface area contributed by atoms with E-state index in [1.807, 2.05) is 19.1 Å². The van der Waals surface area contributed by atoms with Gasteiger partial charge in [0.05, 0.1) is 13.2 Å². The molecule has 176 valence electrons. The average Bonchev–Trinajstić information content (AvgIpc) is 2.80. The smallest absolute Gasteiger partial charge is 0.236 e. The van der Waals surface area contributed by atoms with Crippen LogP contribution in [0.5, 0.6) is 5.75 Å². The number of methoxy groups -OCH3 is 1. The quantitative estimate of drug-likeness (QED) is 0.631. The van der Waals surface area contributed by atoms with Gasteiger partial charge >= 0.3 is 0 Å². The Labute approximate surface area is 198 Å². The lowest BCUT2D eigenvalue weighted by molar-refractivity contribution is -0.140. The van der Waals surface area contributed by atoms with Crippen molar-refractivity contribution < 1.29 is 23.5 Å². The summed E-state index contributed by atoms with van der Waals surface area (Å²) < 4.78 is 18.9. The second-order valence-corrected chi connectivity index (χ2v) is 9.35. The topological polar surface area (TPSA) is 87.5 Å². The number of Topliss-reactive ketones (excluding diaryl/α,β-unsaturated/α-hetero) is 2. The molecule has 0 aromatic heterocycles. The number of amides is 1. The lowest BCUT2D eigenvalue weighted by atomic mass is 9.63. The Bertz CT molecular complexity index is 1150. The maximum atomic E-state index is 13.4. The molecule has 0 atom stereocenters. The van der Waals surface area contributed by atoms with Gasteiger partial charge in [-0.1, -0.05) is 18.2 Å². The van der Waals surface area contributed by atoms with Crippen molar-refractivity contribution in [3.05, 3.63) is 53.3 Å². The number of hydrogen-bond acceptors (Lipinski definition) is 5. The zero-order valence-electron chi connectivity index (χ0n) is 19.4. The molecule has 1 aliphatic heterocycles. The molecule has 0 unspecified atom stereocenters. The van der Waals surface area contributed by atoms with E-state index < -0.39 is 11.3 Å². The van der Waals surface area contributed by atoms with E-state index in [1.165, 1.54) is 19.2 Å². The first-order chi connectivity index (χ1) is 16.3. The van der Waals surface area contributed by atoms with Gasteiger partial charge in [-0.15, -0.1) is 0 Å². The van der Waals surface area contributed by atoms with Gasteiger partial charge < -0.3 is 9.64 Å². The van der Waals surface area contributed by atoms with Crippen molar-refractivity contribution in [1.82, 2.24) is 4.90 Å². The van der Waals surface area contributed by atoms with Crippen molar-refractivity contribution in [2.45, 2.75) is 44.9 Å². The maximum Gasteiger partial charge on any atom is 0.236 e. The van der Waals surface area contributed by atoms with Crippen LogP contribution in [0.4, 0.5) is 4.39 Å². The summed E-state index contributed by atoms with van der Waals surface area (Å²) >= 11 is 0. The Morgan fingerprint density at radius 1 is 1.12 bits per heavy atom. The molecule has 1 aliphatic carbocycles. The van der Waals surface area contributed by atoms with Crippen LogP contribution in [-0.2, 0) is 14.4 Å².